The van der Waals surface area contributed by atoms with Crippen LogP contribution in [-0.2, 0) is 30.5 Å². The summed E-state index contributed by atoms with van der Waals surface area (Å²) in [6.45, 7) is 18.3. The number of rotatable bonds is 26. The minimum atomic E-state index is -1.04. The number of aromatic nitrogens is 3. The van der Waals surface area contributed by atoms with Crippen molar-refractivity contribution in [1.82, 2.24) is 55.4 Å². The largest absolute Gasteiger partial charge is 0.497 e. The summed E-state index contributed by atoms with van der Waals surface area (Å²) in [5.41, 5.74) is 10.9. The Morgan fingerprint density at radius 3 is 2.30 bits per heavy atom. The Bertz CT molecular complexity index is 3260. The number of hydrogen-bond donors (Lipinski definition) is 5. The Morgan fingerprint density at radius 2 is 1.56 bits per heavy atom. The van der Waals surface area contributed by atoms with Crippen molar-refractivity contribution in [3.05, 3.63) is 125 Å². The van der Waals surface area contributed by atoms with Crippen molar-refractivity contribution < 1.29 is 38.2 Å². The highest BCUT2D eigenvalue weighted by Crippen LogP contribution is 2.33. The van der Waals surface area contributed by atoms with Crippen LogP contribution in [0, 0.1) is 5.92 Å². The number of aromatic amines is 1. The smallest absolute Gasteiger partial charge is 0.251 e. The Morgan fingerprint density at radius 1 is 0.813 bits per heavy atom. The van der Waals surface area contributed by atoms with E-state index >= 15 is 0 Å². The molecule has 4 saturated heterocycles. The summed E-state index contributed by atoms with van der Waals surface area (Å²) in [7, 11) is 1.62. The molecular weight excluding hydrogens is 1170 g/mol. The van der Waals surface area contributed by atoms with Crippen molar-refractivity contribution in [2.45, 2.75) is 121 Å². The third-order valence-electron chi connectivity index (χ3n) is 19.3. The maximum atomic E-state index is 14.6. The number of amides is 5. The molecule has 2 aromatic heterocycles. The van der Waals surface area contributed by atoms with Gasteiger partial charge in [-0.15, -0.1) is 0 Å². The van der Waals surface area contributed by atoms with E-state index in [-0.39, 0.29) is 73.1 Å². The Labute approximate surface area is 541 Å². The number of piperazine rings is 2. The molecule has 10 rings (SSSR count). The van der Waals surface area contributed by atoms with Crippen LogP contribution in [0.25, 0.3) is 11.0 Å². The number of likely N-dealkylation sites (tertiary alicyclic amines) is 1. The fourth-order valence-corrected chi connectivity index (χ4v) is 13.8. The van der Waals surface area contributed by atoms with E-state index < -0.39 is 11.6 Å². The number of H-pyrrole nitrogens is 1. The van der Waals surface area contributed by atoms with Crippen LogP contribution < -0.4 is 36.1 Å². The predicted molar refractivity (Wildman–Crippen MR) is 353 cm³/mol. The van der Waals surface area contributed by atoms with Crippen LogP contribution in [0.2, 0.25) is 5.02 Å². The summed E-state index contributed by atoms with van der Waals surface area (Å²) in [5.74, 6) is 2.04. The van der Waals surface area contributed by atoms with Gasteiger partial charge in [-0.05, 0) is 112 Å². The number of carbonyl (C=O) groups is 5. The molecule has 1 aliphatic carbocycles. The van der Waals surface area contributed by atoms with Crippen LogP contribution in [0.1, 0.15) is 123 Å². The van der Waals surface area contributed by atoms with E-state index in [0.717, 1.165) is 96.4 Å². The maximum Gasteiger partial charge on any atom is 0.251 e. The number of hydrogen-bond acceptors (Lipinski definition) is 15. The van der Waals surface area contributed by atoms with E-state index in [0.29, 0.717) is 134 Å². The zero-order chi connectivity index (χ0) is 63.9. The number of fused-ring (bicyclic) bond motifs is 1. The third kappa shape index (κ3) is 17.5. The SMILES string of the molecule is C=C(C)C(CN1CCN(C(=O)C(NC(=O)c2cccc(C3CCCN(C(=O)CNCc4ccc(OC)cc4OCC)C3)c2)C2CCCCC2)CC1)OCCC(=O)N1CCN(CCC(NC(=O)C2(N)CCN(c3ncnc4[nH]ccc34)CC2)c2ccc(Cl)cc2)CC1. The highest BCUT2D eigenvalue weighted by molar-refractivity contribution is 6.30. The second-order valence-corrected chi connectivity index (χ2v) is 25.9. The van der Waals surface area contributed by atoms with Crippen LogP contribution >= 0.6 is 11.6 Å². The molecule has 5 aliphatic rings. The van der Waals surface area contributed by atoms with Crippen molar-refractivity contribution >= 4 is 58.0 Å². The molecule has 490 valence electrons. The summed E-state index contributed by atoms with van der Waals surface area (Å²) in [4.78, 5) is 94.7. The minimum Gasteiger partial charge on any atom is -0.497 e. The second-order valence-electron chi connectivity index (χ2n) is 25.4. The molecule has 0 bridgehead atoms. The van der Waals surface area contributed by atoms with Gasteiger partial charge in [-0.2, -0.15) is 0 Å². The van der Waals surface area contributed by atoms with Crippen LogP contribution in [0.3, 0.4) is 0 Å². The number of anilines is 1. The number of carbonyl (C=O) groups excluding carboxylic acids is 5. The van der Waals surface area contributed by atoms with E-state index in [1.54, 1.807) is 13.4 Å². The maximum absolute atomic E-state index is 14.6. The van der Waals surface area contributed by atoms with Gasteiger partial charge in [-0.1, -0.05) is 73.3 Å². The summed E-state index contributed by atoms with van der Waals surface area (Å²) >= 11 is 6.30. The molecule has 3 aromatic carbocycles. The quantitative estimate of drug-likeness (QED) is 0.0348. The molecule has 91 heavy (non-hydrogen) atoms. The Hall–Kier alpha value is -7.14. The predicted octanol–water partition coefficient (Wildman–Crippen LogP) is 7.08. The van der Waals surface area contributed by atoms with Gasteiger partial charge in [0.1, 0.15) is 35.3 Å². The topological polar surface area (TPSA) is 236 Å². The first-order valence-electron chi connectivity index (χ1n) is 33.0. The number of piperidine rings is 2. The summed E-state index contributed by atoms with van der Waals surface area (Å²) in [5, 5.41) is 11.4. The van der Waals surface area contributed by atoms with Gasteiger partial charge in [0.25, 0.3) is 5.91 Å². The van der Waals surface area contributed by atoms with Gasteiger partial charge >= 0.3 is 0 Å². The van der Waals surface area contributed by atoms with Crippen LogP contribution in [0.4, 0.5) is 5.82 Å². The van der Waals surface area contributed by atoms with E-state index in [4.69, 9.17) is 31.5 Å². The average Bonchev–Trinajstić information content (AvgIpc) is 2.74. The van der Waals surface area contributed by atoms with Crippen LogP contribution in [-0.4, -0.2) is 205 Å². The lowest BCUT2D eigenvalue weighted by atomic mass is 9.83. The Kier molecular flexibility index (Phi) is 23.4. The van der Waals surface area contributed by atoms with Gasteiger partial charge in [0.05, 0.1) is 56.4 Å². The highest BCUT2D eigenvalue weighted by Gasteiger charge is 2.40. The number of halogens is 1. The van der Waals surface area contributed by atoms with Crippen LogP contribution in [0.15, 0.2) is 97.5 Å². The number of nitrogens with zero attached hydrogens (tertiary/aromatic N) is 8. The average molecular weight is 1270 g/mol. The van der Waals surface area contributed by atoms with Crippen molar-refractivity contribution in [2.24, 2.45) is 11.7 Å². The number of ether oxygens (including phenoxy) is 3. The van der Waals surface area contributed by atoms with Crippen molar-refractivity contribution in [3.63, 3.8) is 0 Å². The molecule has 4 unspecified atom stereocenters. The molecule has 5 fully saturated rings. The zero-order valence-electron chi connectivity index (χ0n) is 53.5. The molecular formula is C69H94ClN13O8. The van der Waals surface area contributed by atoms with Gasteiger partial charge in [0.15, 0.2) is 0 Å². The standard InChI is InChI=1S/C69H94ClN13O8/c1-5-90-59-42-56(89-4)21-18-53(59)43-72-44-62(85)83-28-10-15-54(45-83)51-13-9-14-52(41-51)66(86)77-63(50-11-7-6-8-12-50)67(87)82-38-34-79(35-39-82)46-60(48(2)3)91-40-24-61(84)80-36-32-78(33-37-80)29-23-58(49-16-19-55(70)20-17-49)76-68(88)69(71)25-30-81(31-26-69)65-57-22-27-73-64(57)74-47-75-65/h9,13-14,16-22,27,41-42,47,50,54,58,60,63,72H,2,5-8,10-12,15,23-26,28-40,43-46,71H2,1,3-4H3,(H,76,88)(H,77,86)(H,73,74,75). The normalized spacial score (nSPS) is 19.5. The van der Waals surface area contributed by atoms with Gasteiger partial charge in [-0.3, -0.25) is 33.8 Å². The number of nitrogens with one attached hydrogen (secondary N) is 4. The molecule has 5 amide bonds. The first-order chi connectivity index (χ1) is 44.1. The van der Waals surface area contributed by atoms with Crippen molar-refractivity contribution in [3.8, 4) is 11.5 Å². The van der Waals surface area contributed by atoms with E-state index in [9.17, 15) is 24.0 Å². The van der Waals surface area contributed by atoms with Gasteiger partial charge in [0, 0.05) is 133 Å². The summed E-state index contributed by atoms with van der Waals surface area (Å²) < 4.78 is 17.6. The fraction of sp³-hybridized carbons (Fsp3) is 0.551. The van der Waals surface area contributed by atoms with Gasteiger partial charge in [0.2, 0.25) is 23.6 Å². The van der Waals surface area contributed by atoms with Crippen molar-refractivity contribution in [1.29, 1.82) is 0 Å². The summed E-state index contributed by atoms with van der Waals surface area (Å²) in [6, 6.07) is 22.1. The molecule has 0 radical (unpaired) electrons. The second kappa shape index (κ2) is 31.9. The van der Waals surface area contributed by atoms with Gasteiger partial charge in [-0.25, -0.2) is 9.97 Å². The highest BCUT2D eigenvalue weighted by atomic mass is 35.5. The first kappa shape index (κ1) is 66.8. The molecule has 1 saturated carbocycles. The zero-order valence-corrected chi connectivity index (χ0v) is 54.2. The number of benzene rings is 3. The third-order valence-corrected chi connectivity index (χ3v) is 19.6. The number of nitrogens with two attached hydrogens (primary N) is 1. The monoisotopic (exact) mass is 1270 g/mol. The molecule has 6 heterocycles. The van der Waals surface area contributed by atoms with Crippen molar-refractivity contribution in [2.75, 3.05) is 123 Å². The molecule has 21 nitrogen and oxygen atoms in total. The number of methoxy groups -OCH3 is 1. The lowest BCUT2D eigenvalue weighted by molar-refractivity contribution is -0.137. The minimum absolute atomic E-state index is 0.0303. The fourth-order valence-electron chi connectivity index (χ4n) is 13.7. The summed E-state index contributed by atoms with van der Waals surface area (Å²) in [6.07, 6.45) is 11.7. The molecule has 6 N–H and O–H groups in total. The molecule has 4 atom stereocenters. The van der Waals surface area contributed by atoms with Crippen LogP contribution in [0.5, 0.6) is 11.5 Å². The lowest BCUT2D eigenvalue weighted by Crippen LogP contribution is -2.60. The first-order valence-corrected chi connectivity index (χ1v) is 33.4. The molecule has 0 spiro atoms. The van der Waals surface area contributed by atoms with Gasteiger partial charge < -0.3 is 60.5 Å². The molecule has 4 aliphatic heterocycles. The van der Waals surface area contributed by atoms with E-state index in [2.05, 4.69) is 52.2 Å². The molecule has 5 aromatic rings. The van der Waals surface area contributed by atoms with E-state index in [1.165, 1.54) is 0 Å². The molecule has 22 heteroatoms. The Balaban J connectivity index is 0.649. The lowest BCUT2D eigenvalue weighted by Gasteiger charge is -2.40. The van der Waals surface area contributed by atoms with E-state index in [1.807, 2.05) is 108 Å².